The van der Waals surface area contributed by atoms with Gasteiger partial charge in [0.15, 0.2) is 0 Å². The van der Waals surface area contributed by atoms with Crippen LogP contribution in [0.5, 0.6) is 0 Å². The van der Waals surface area contributed by atoms with Crippen LogP contribution in [-0.2, 0) is 9.53 Å². The van der Waals surface area contributed by atoms with E-state index in [0.29, 0.717) is 19.7 Å². The van der Waals surface area contributed by atoms with Gasteiger partial charge < -0.3 is 15.0 Å². The van der Waals surface area contributed by atoms with E-state index in [9.17, 15) is 9.59 Å². The largest absolute Gasteiger partial charge is 0.377 e. The first-order valence-electron chi connectivity index (χ1n) is 5.75. The maximum absolute atomic E-state index is 12.1. The number of amides is 2. The zero-order valence-corrected chi connectivity index (χ0v) is 10.0. The Kier molecular flexibility index (Phi) is 3.88. The van der Waals surface area contributed by atoms with E-state index >= 15 is 0 Å². The molecule has 2 heterocycles. The summed E-state index contributed by atoms with van der Waals surface area (Å²) in [6.45, 7) is 3.31. The van der Waals surface area contributed by atoms with E-state index in [1.807, 2.05) is 6.92 Å². The van der Waals surface area contributed by atoms with Crippen LogP contribution < -0.4 is 5.32 Å². The van der Waals surface area contributed by atoms with Crippen LogP contribution >= 0.6 is 0 Å². The van der Waals surface area contributed by atoms with Gasteiger partial charge in [-0.2, -0.15) is 5.10 Å². The minimum Gasteiger partial charge on any atom is -0.377 e. The minimum atomic E-state index is -0.615. The SMILES string of the molecule is CCNC(=O)C1COCCN1C(=O)c1ncn[nH]1. The second-order valence-electron chi connectivity index (χ2n) is 3.82. The van der Waals surface area contributed by atoms with Gasteiger partial charge in [-0.05, 0) is 6.92 Å². The van der Waals surface area contributed by atoms with Crippen molar-refractivity contribution in [3.8, 4) is 0 Å². The van der Waals surface area contributed by atoms with Gasteiger partial charge in [0.1, 0.15) is 12.4 Å². The van der Waals surface area contributed by atoms with Gasteiger partial charge in [-0.3, -0.25) is 14.7 Å². The van der Waals surface area contributed by atoms with Crippen LogP contribution in [0.2, 0.25) is 0 Å². The van der Waals surface area contributed by atoms with Crippen molar-refractivity contribution in [3.63, 3.8) is 0 Å². The van der Waals surface area contributed by atoms with Crippen LogP contribution in [0.4, 0.5) is 0 Å². The summed E-state index contributed by atoms with van der Waals surface area (Å²) < 4.78 is 5.25. The number of aromatic amines is 1. The fourth-order valence-electron chi connectivity index (χ4n) is 1.80. The monoisotopic (exact) mass is 253 g/mol. The molecule has 1 aromatic rings. The summed E-state index contributed by atoms with van der Waals surface area (Å²) in [7, 11) is 0. The number of nitrogens with one attached hydrogen (secondary N) is 2. The number of aromatic nitrogens is 3. The van der Waals surface area contributed by atoms with E-state index in [1.165, 1.54) is 11.2 Å². The molecule has 1 saturated heterocycles. The van der Waals surface area contributed by atoms with Crippen LogP contribution in [0.1, 0.15) is 17.5 Å². The molecular weight excluding hydrogens is 238 g/mol. The molecule has 0 aliphatic carbocycles. The summed E-state index contributed by atoms with van der Waals surface area (Å²) in [6.07, 6.45) is 1.26. The summed E-state index contributed by atoms with van der Waals surface area (Å²) in [6, 6.07) is -0.615. The first-order valence-corrected chi connectivity index (χ1v) is 5.75. The van der Waals surface area contributed by atoms with Crippen molar-refractivity contribution in [2.75, 3.05) is 26.3 Å². The fraction of sp³-hybridized carbons (Fsp3) is 0.600. The van der Waals surface area contributed by atoms with Crippen LogP contribution in [-0.4, -0.2) is 64.2 Å². The predicted molar refractivity (Wildman–Crippen MR) is 60.7 cm³/mol. The van der Waals surface area contributed by atoms with Gasteiger partial charge in [-0.25, -0.2) is 4.98 Å². The Morgan fingerprint density at radius 3 is 3.17 bits per heavy atom. The van der Waals surface area contributed by atoms with Gasteiger partial charge in [0.2, 0.25) is 11.7 Å². The van der Waals surface area contributed by atoms with E-state index in [-0.39, 0.29) is 24.2 Å². The van der Waals surface area contributed by atoms with E-state index < -0.39 is 6.04 Å². The molecule has 1 atom stereocenters. The number of ether oxygens (including phenoxy) is 1. The predicted octanol–water partition coefficient (Wildman–Crippen LogP) is -1.22. The van der Waals surface area contributed by atoms with Crippen molar-refractivity contribution in [2.24, 2.45) is 0 Å². The van der Waals surface area contributed by atoms with E-state index in [0.717, 1.165) is 0 Å². The molecule has 98 valence electrons. The van der Waals surface area contributed by atoms with Crippen molar-refractivity contribution < 1.29 is 14.3 Å². The Morgan fingerprint density at radius 1 is 1.67 bits per heavy atom. The number of likely N-dealkylation sites (N-methyl/N-ethyl adjacent to an activating group) is 1. The molecule has 1 unspecified atom stereocenters. The van der Waals surface area contributed by atoms with Crippen LogP contribution in [0.3, 0.4) is 0 Å². The average molecular weight is 253 g/mol. The van der Waals surface area contributed by atoms with Crippen molar-refractivity contribution in [3.05, 3.63) is 12.2 Å². The molecule has 0 spiro atoms. The normalized spacial score (nSPS) is 19.6. The molecule has 2 rings (SSSR count). The minimum absolute atomic E-state index is 0.131. The van der Waals surface area contributed by atoms with Gasteiger partial charge in [-0.15, -0.1) is 0 Å². The van der Waals surface area contributed by atoms with Gasteiger partial charge in [-0.1, -0.05) is 0 Å². The van der Waals surface area contributed by atoms with E-state index in [4.69, 9.17) is 4.74 Å². The topological polar surface area (TPSA) is 100 Å². The summed E-state index contributed by atoms with van der Waals surface area (Å²) in [5.74, 6) is -0.427. The molecule has 0 aromatic carbocycles. The van der Waals surface area contributed by atoms with Crippen LogP contribution in [0.15, 0.2) is 6.33 Å². The molecule has 1 aromatic heterocycles. The second-order valence-corrected chi connectivity index (χ2v) is 3.82. The quantitative estimate of drug-likeness (QED) is 0.703. The molecule has 1 aliphatic heterocycles. The third kappa shape index (κ3) is 2.48. The fourth-order valence-corrected chi connectivity index (χ4v) is 1.80. The summed E-state index contributed by atoms with van der Waals surface area (Å²) >= 11 is 0. The van der Waals surface area contributed by atoms with Crippen molar-refractivity contribution in [1.82, 2.24) is 25.4 Å². The van der Waals surface area contributed by atoms with Crippen molar-refractivity contribution >= 4 is 11.8 Å². The van der Waals surface area contributed by atoms with Crippen molar-refractivity contribution in [1.29, 1.82) is 0 Å². The zero-order chi connectivity index (χ0) is 13.0. The number of morpholine rings is 1. The highest BCUT2D eigenvalue weighted by atomic mass is 16.5. The van der Waals surface area contributed by atoms with Crippen LogP contribution in [0.25, 0.3) is 0 Å². The molecule has 0 bridgehead atoms. The van der Waals surface area contributed by atoms with Gasteiger partial charge in [0.05, 0.1) is 13.2 Å². The Labute approximate surface area is 104 Å². The highest BCUT2D eigenvalue weighted by Crippen LogP contribution is 2.10. The number of carbonyl (C=O) groups is 2. The van der Waals surface area contributed by atoms with E-state index in [1.54, 1.807) is 0 Å². The highest BCUT2D eigenvalue weighted by Gasteiger charge is 2.34. The number of H-pyrrole nitrogens is 1. The highest BCUT2D eigenvalue weighted by molar-refractivity contribution is 5.95. The Balaban J connectivity index is 2.12. The standard InChI is InChI=1S/C10H15N5O3/c1-2-11-9(16)7-5-18-4-3-15(7)10(17)8-12-6-13-14-8/h6-7H,2-5H2,1H3,(H,11,16)(H,12,13,14). The van der Waals surface area contributed by atoms with Gasteiger partial charge in [0.25, 0.3) is 5.91 Å². The number of rotatable bonds is 3. The lowest BCUT2D eigenvalue weighted by atomic mass is 10.2. The van der Waals surface area contributed by atoms with Gasteiger partial charge in [0, 0.05) is 13.1 Å². The lowest BCUT2D eigenvalue weighted by Gasteiger charge is -2.33. The molecule has 18 heavy (non-hydrogen) atoms. The molecule has 2 N–H and O–H groups in total. The smallest absolute Gasteiger partial charge is 0.292 e. The molecule has 8 heteroatoms. The maximum atomic E-state index is 12.1. The third-order valence-electron chi connectivity index (χ3n) is 2.66. The molecule has 2 amide bonds. The number of carbonyl (C=O) groups excluding carboxylic acids is 2. The molecule has 1 fully saturated rings. The third-order valence-corrected chi connectivity index (χ3v) is 2.66. The molecule has 0 radical (unpaired) electrons. The average Bonchev–Trinajstić information content (AvgIpc) is 2.92. The first-order chi connectivity index (χ1) is 8.74. The lowest BCUT2D eigenvalue weighted by Crippen LogP contribution is -2.56. The number of hydrogen-bond donors (Lipinski definition) is 2. The Morgan fingerprint density at radius 2 is 2.50 bits per heavy atom. The molecular formula is C10H15N5O3. The van der Waals surface area contributed by atoms with Crippen LogP contribution in [0, 0.1) is 0 Å². The number of nitrogens with zero attached hydrogens (tertiary/aromatic N) is 3. The summed E-state index contributed by atoms with van der Waals surface area (Å²) in [4.78, 5) is 29.2. The number of hydrogen-bond acceptors (Lipinski definition) is 5. The van der Waals surface area contributed by atoms with Gasteiger partial charge >= 0.3 is 0 Å². The lowest BCUT2D eigenvalue weighted by molar-refractivity contribution is -0.130. The zero-order valence-electron chi connectivity index (χ0n) is 10.0. The molecule has 1 aliphatic rings. The Bertz CT molecular complexity index is 419. The molecule has 8 nitrogen and oxygen atoms in total. The van der Waals surface area contributed by atoms with E-state index in [2.05, 4.69) is 20.5 Å². The first kappa shape index (κ1) is 12.5. The molecule has 0 saturated carbocycles. The summed E-state index contributed by atoms with van der Waals surface area (Å²) in [5, 5.41) is 8.82. The summed E-state index contributed by atoms with van der Waals surface area (Å²) in [5.41, 5.74) is 0. The Hall–Kier alpha value is -1.96. The van der Waals surface area contributed by atoms with Crippen molar-refractivity contribution in [2.45, 2.75) is 13.0 Å². The second kappa shape index (κ2) is 5.58. The maximum Gasteiger partial charge on any atom is 0.292 e.